The molecule has 1 aliphatic rings. The number of nitrogens with zero attached hydrogens (tertiary/aromatic N) is 2. The predicted molar refractivity (Wildman–Crippen MR) is 128 cm³/mol. The zero-order chi connectivity index (χ0) is 24.0. The summed E-state index contributed by atoms with van der Waals surface area (Å²) < 4.78 is 38.9. The molecule has 0 spiro atoms. The van der Waals surface area contributed by atoms with Crippen molar-refractivity contribution in [3.63, 3.8) is 0 Å². The van der Waals surface area contributed by atoms with E-state index in [-0.39, 0.29) is 22.6 Å². The lowest BCUT2D eigenvalue weighted by Gasteiger charge is -2.34. The first-order chi connectivity index (χ1) is 15.7. The molecule has 0 aliphatic carbocycles. The number of hydrogen-bond acceptors (Lipinski definition) is 6. The molecule has 3 rings (SSSR count). The average molecular weight is 496 g/mol. The summed E-state index contributed by atoms with van der Waals surface area (Å²) >= 11 is 5.88. The third kappa shape index (κ3) is 6.83. The van der Waals surface area contributed by atoms with Crippen molar-refractivity contribution in [2.24, 2.45) is 0 Å². The molecular weight excluding hydrogens is 466 g/mol. The number of sulfonamides is 1. The minimum Gasteiger partial charge on any atom is -0.495 e. The van der Waals surface area contributed by atoms with E-state index in [2.05, 4.69) is 9.62 Å². The highest BCUT2D eigenvalue weighted by molar-refractivity contribution is 7.89. The highest BCUT2D eigenvalue weighted by Gasteiger charge is 2.26. The van der Waals surface area contributed by atoms with Crippen LogP contribution in [0.3, 0.4) is 0 Å². The first kappa shape index (κ1) is 25.3. The van der Waals surface area contributed by atoms with E-state index in [0.717, 1.165) is 12.3 Å². The van der Waals surface area contributed by atoms with Gasteiger partial charge in [-0.3, -0.25) is 9.69 Å². The molecular formula is C23H30ClN3O5S. The second kappa shape index (κ2) is 11.2. The van der Waals surface area contributed by atoms with Gasteiger partial charge in [-0.15, -0.1) is 0 Å². The summed E-state index contributed by atoms with van der Waals surface area (Å²) in [5.74, 6) is 0.770. The molecule has 1 fully saturated rings. The maximum Gasteiger partial charge on any atom is 0.253 e. The molecule has 2 aromatic carbocycles. The molecule has 8 nitrogen and oxygen atoms in total. The second-order valence-electron chi connectivity index (χ2n) is 8.08. The van der Waals surface area contributed by atoms with Gasteiger partial charge < -0.3 is 14.4 Å². The van der Waals surface area contributed by atoms with Gasteiger partial charge in [0.1, 0.15) is 23.0 Å². The van der Waals surface area contributed by atoms with Gasteiger partial charge >= 0.3 is 0 Å². The van der Waals surface area contributed by atoms with Gasteiger partial charge in [0.05, 0.1) is 7.11 Å². The van der Waals surface area contributed by atoms with Gasteiger partial charge in [0.2, 0.25) is 10.0 Å². The van der Waals surface area contributed by atoms with E-state index >= 15 is 0 Å². The highest BCUT2D eigenvalue weighted by atomic mass is 35.5. The number of amides is 1. The SMILES string of the molecule is COc1ccc(C(=O)N2CCN(CCOc3ccc(Cl)cc3)CC2)cc1S(=O)(=O)NC(C)C. The number of benzene rings is 2. The Bertz CT molecular complexity index is 1050. The maximum absolute atomic E-state index is 13.0. The van der Waals surface area contributed by atoms with Crippen LogP contribution in [0.1, 0.15) is 24.2 Å². The van der Waals surface area contributed by atoms with Crippen LogP contribution >= 0.6 is 11.6 Å². The van der Waals surface area contributed by atoms with Crippen LogP contribution in [-0.2, 0) is 10.0 Å². The average Bonchev–Trinajstić information content (AvgIpc) is 2.79. The second-order valence-corrected chi connectivity index (χ2v) is 10.2. The van der Waals surface area contributed by atoms with Crippen LogP contribution in [0.5, 0.6) is 11.5 Å². The fraction of sp³-hybridized carbons (Fsp3) is 0.435. The number of carbonyl (C=O) groups excluding carboxylic acids is 1. The third-order valence-corrected chi connectivity index (χ3v) is 7.17. The molecule has 1 heterocycles. The van der Waals surface area contributed by atoms with Crippen LogP contribution in [-0.4, -0.2) is 76.6 Å². The fourth-order valence-corrected chi connectivity index (χ4v) is 5.15. The Morgan fingerprint density at radius 1 is 1.09 bits per heavy atom. The molecule has 1 amide bonds. The molecule has 1 aliphatic heterocycles. The normalized spacial score (nSPS) is 15.0. The van der Waals surface area contributed by atoms with Crippen molar-refractivity contribution in [3.8, 4) is 11.5 Å². The first-order valence-electron chi connectivity index (χ1n) is 10.8. The monoisotopic (exact) mass is 495 g/mol. The Balaban J connectivity index is 1.57. The lowest BCUT2D eigenvalue weighted by molar-refractivity contribution is 0.0620. The molecule has 0 aromatic heterocycles. The van der Waals surface area contributed by atoms with E-state index in [0.29, 0.717) is 43.4 Å². The fourth-order valence-electron chi connectivity index (χ4n) is 3.57. The molecule has 0 unspecified atom stereocenters. The number of hydrogen-bond donors (Lipinski definition) is 1. The van der Waals surface area contributed by atoms with Crippen molar-refractivity contribution < 1.29 is 22.7 Å². The van der Waals surface area contributed by atoms with Gasteiger partial charge in [0, 0.05) is 49.4 Å². The summed E-state index contributed by atoms with van der Waals surface area (Å²) in [5, 5.41) is 0.668. The molecule has 1 saturated heterocycles. The number of piperazine rings is 1. The number of carbonyl (C=O) groups is 1. The van der Waals surface area contributed by atoms with Crippen LogP contribution < -0.4 is 14.2 Å². The van der Waals surface area contributed by atoms with Gasteiger partial charge in [-0.05, 0) is 56.3 Å². The van der Waals surface area contributed by atoms with Gasteiger partial charge in [0.15, 0.2) is 0 Å². The molecule has 10 heteroatoms. The molecule has 0 saturated carbocycles. The van der Waals surface area contributed by atoms with E-state index in [1.807, 2.05) is 12.1 Å². The predicted octanol–water partition coefficient (Wildman–Crippen LogP) is 2.87. The van der Waals surface area contributed by atoms with Crippen LogP contribution in [0.25, 0.3) is 0 Å². The van der Waals surface area contributed by atoms with Crippen molar-refractivity contribution in [2.75, 3.05) is 46.4 Å². The third-order valence-electron chi connectivity index (χ3n) is 5.24. The Morgan fingerprint density at radius 3 is 2.36 bits per heavy atom. The number of ether oxygens (including phenoxy) is 2. The van der Waals surface area contributed by atoms with Crippen molar-refractivity contribution in [2.45, 2.75) is 24.8 Å². The minimum absolute atomic E-state index is 0.0393. The van der Waals surface area contributed by atoms with Crippen molar-refractivity contribution >= 4 is 27.5 Å². The van der Waals surface area contributed by atoms with Crippen molar-refractivity contribution in [1.29, 1.82) is 0 Å². The van der Waals surface area contributed by atoms with E-state index in [4.69, 9.17) is 21.1 Å². The zero-order valence-corrected chi connectivity index (χ0v) is 20.7. The maximum atomic E-state index is 13.0. The lowest BCUT2D eigenvalue weighted by atomic mass is 10.1. The summed E-state index contributed by atoms with van der Waals surface area (Å²) in [7, 11) is -2.40. The summed E-state index contributed by atoms with van der Waals surface area (Å²) in [5.41, 5.74) is 0.319. The van der Waals surface area contributed by atoms with Gasteiger partial charge in [-0.25, -0.2) is 13.1 Å². The molecule has 33 heavy (non-hydrogen) atoms. The topological polar surface area (TPSA) is 88.2 Å². The number of nitrogens with one attached hydrogen (secondary N) is 1. The largest absolute Gasteiger partial charge is 0.495 e. The molecule has 180 valence electrons. The Kier molecular flexibility index (Phi) is 8.58. The number of methoxy groups -OCH3 is 1. The van der Waals surface area contributed by atoms with Gasteiger partial charge in [-0.1, -0.05) is 11.6 Å². The zero-order valence-electron chi connectivity index (χ0n) is 19.1. The summed E-state index contributed by atoms with van der Waals surface area (Å²) in [6, 6.07) is 11.5. The smallest absolute Gasteiger partial charge is 0.253 e. The number of halogens is 1. The van der Waals surface area contributed by atoms with Crippen LogP contribution in [0.2, 0.25) is 5.02 Å². The van der Waals surface area contributed by atoms with Gasteiger partial charge in [0.25, 0.3) is 5.91 Å². The summed E-state index contributed by atoms with van der Waals surface area (Å²) in [6.45, 7) is 7.29. The molecule has 0 radical (unpaired) electrons. The highest BCUT2D eigenvalue weighted by Crippen LogP contribution is 2.26. The van der Waals surface area contributed by atoms with E-state index in [1.165, 1.54) is 19.2 Å². The minimum atomic E-state index is -3.81. The Morgan fingerprint density at radius 2 is 1.76 bits per heavy atom. The van der Waals surface area contributed by atoms with E-state index < -0.39 is 10.0 Å². The van der Waals surface area contributed by atoms with Crippen molar-refractivity contribution in [3.05, 3.63) is 53.1 Å². The Hall–Kier alpha value is -2.33. The molecule has 0 atom stereocenters. The molecule has 2 aromatic rings. The standard InChI is InChI=1S/C23H30ClN3O5S/c1-17(2)25-33(29,30)22-16-18(4-9-21(22)31-3)23(28)27-12-10-26(11-13-27)14-15-32-20-7-5-19(24)6-8-20/h4-9,16-17,25H,10-15H2,1-3H3. The summed E-state index contributed by atoms with van der Waals surface area (Å²) in [4.78, 5) is 17.0. The van der Waals surface area contributed by atoms with E-state index in [9.17, 15) is 13.2 Å². The lowest BCUT2D eigenvalue weighted by Crippen LogP contribution is -2.49. The quantitative estimate of drug-likeness (QED) is 0.575. The van der Waals surface area contributed by atoms with Crippen LogP contribution in [0.15, 0.2) is 47.4 Å². The van der Waals surface area contributed by atoms with Gasteiger partial charge in [-0.2, -0.15) is 0 Å². The van der Waals surface area contributed by atoms with Crippen LogP contribution in [0.4, 0.5) is 0 Å². The van der Waals surface area contributed by atoms with E-state index in [1.54, 1.807) is 36.9 Å². The molecule has 0 bridgehead atoms. The summed E-state index contributed by atoms with van der Waals surface area (Å²) in [6.07, 6.45) is 0. The number of rotatable bonds is 9. The Labute approximate surface area is 200 Å². The first-order valence-corrected chi connectivity index (χ1v) is 12.7. The van der Waals surface area contributed by atoms with Crippen LogP contribution in [0, 0.1) is 0 Å². The molecule has 1 N–H and O–H groups in total. The van der Waals surface area contributed by atoms with Crippen molar-refractivity contribution in [1.82, 2.24) is 14.5 Å².